The molecule has 1 aromatic heterocycles. The summed E-state index contributed by atoms with van der Waals surface area (Å²) in [6.45, 7) is 4.24. The lowest BCUT2D eigenvalue weighted by Gasteiger charge is -2.15. The Bertz CT molecular complexity index is 419. The number of carbonyl (C=O) groups is 1. The van der Waals surface area contributed by atoms with Gasteiger partial charge in [-0.05, 0) is 32.1 Å². The summed E-state index contributed by atoms with van der Waals surface area (Å²) in [5.74, 6) is 0.621. The molecule has 0 spiro atoms. The van der Waals surface area contributed by atoms with Crippen LogP contribution >= 0.6 is 22.9 Å². The molecule has 94 valence electrons. The third kappa shape index (κ3) is 2.99. The van der Waals surface area contributed by atoms with Crippen LogP contribution in [0.5, 0.6) is 0 Å². The molecule has 0 saturated carbocycles. The number of nitrogens with one attached hydrogen (secondary N) is 1. The molecule has 3 nitrogen and oxygen atoms in total. The quantitative estimate of drug-likeness (QED) is 0.860. The minimum Gasteiger partial charge on any atom is -0.346 e. The Balaban J connectivity index is 2.09. The number of thiazole rings is 1. The highest BCUT2D eigenvalue weighted by atomic mass is 35.5. The van der Waals surface area contributed by atoms with Gasteiger partial charge in [-0.1, -0.05) is 6.92 Å². The van der Waals surface area contributed by atoms with E-state index in [1.165, 1.54) is 17.0 Å². The molecule has 1 heterocycles. The van der Waals surface area contributed by atoms with Crippen LogP contribution in [0.1, 0.15) is 41.9 Å². The number of aryl methyl sites for hydroxylation is 1. The van der Waals surface area contributed by atoms with Crippen molar-refractivity contribution in [3.8, 4) is 0 Å². The van der Waals surface area contributed by atoms with E-state index in [1.54, 1.807) is 11.3 Å². The van der Waals surface area contributed by atoms with Crippen molar-refractivity contribution in [3.05, 3.63) is 15.6 Å². The Labute approximate surface area is 111 Å². The molecule has 0 bridgehead atoms. The molecule has 5 heteroatoms. The molecule has 2 atom stereocenters. The second-order valence-electron chi connectivity index (χ2n) is 4.69. The first-order chi connectivity index (χ1) is 8.10. The monoisotopic (exact) mass is 272 g/mol. The van der Waals surface area contributed by atoms with Crippen LogP contribution in [0, 0.1) is 5.92 Å². The van der Waals surface area contributed by atoms with E-state index in [0.29, 0.717) is 0 Å². The molecule has 2 unspecified atom stereocenters. The van der Waals surface area contributed by atoms with E-state index in [9.17, 15) is 4.79 Å². The van der Waals surface area contributed by atoms with Crippen LogP contribution in [-0.4, -0.2) is 16.8 Å². The molecule has 1 N–H and O–H groups in total. The van der Waals surface area contributed by atoms with Crippen LogP contribution < -0.4 is 5.32 Å². The van der Waals surface area contributed by atoms with Crippen molar-refractivity contribution >= 4 is 28.8 Å². The zero-order valence-electron chi connectivity index (χ0n) is 10.1. The summed E-state index contributed by atoms with van der Waals surface area (Å²) in [5, 5.41) is 3.85. The van der Waals surface area contributed by atoms with Crippen LogP contribution in [0.15, 0.2) is 0 Å². The summed E-state index contributed by atoms with van der Waals surface area (Å²) in [6, 6.07) is -0.0350. The van der Waals surface area contributed by atoms with E-state index in [-0.39, 0.29) is 17.8 Å². The lowest BCUT2D eigenvalue weighted by molar-refractivity contribution is -0.119. The van der Waals surface area contributed by atoms with Gasteiger partial charge < -0.3 is 5.32 Å². The van der Waals surface area contributed by atoms with Gasteiger partial charge in [-0.25, -0.2) is 4.98 Å². The molecule has 1 aliphatic rings. The van der Waals surface area contributed by atoms with Gasteiger partial charge in [0.2, 0.25) is 5.91 Å². The van der Waals surface area contributed by atoms with Crippen LogP contribution in [-0.2, 0) is 17.6 Å². The number of rotatable bonds is 3. The maximum atomic E-state index is 11.2. The molecule has 17 heavy (non-hydrogen) atoms. The molecule has 1 aromatic rings. The van der Waals surface area contributed by atoms with Gasteiger partial charge >= 0.3 is 0 Å². The number of fused-ring (bicyclic) bond motifs is 1. The first-order valence-electron chi connectivity index (χ1n) is 5.94. The van der Waals surface area contributed by atoms with Crippen LogP contribution in [0.25, 0.3) is 0 Å². The Hall–Kier alpha value is -0.610. The average molecular weight is 273 g/mol. The highest BCUT2D eigenvalue weighted by molar-refractivity contribution is 7.11. The van der Waals surface area contributed by atoms with Crippen molar-refractivity contribution in [2.75, 3.05) is 5.88 Å². The summed E-state index contributed by atoms with van der Waals surface area (Å²) in [4.78, 5) is 17.3. The Morgan fingerprint density at radius 1 is 1.71 bits per heavy atom. The van der Waals surface area contributed by atoms with Gasteiger partial charge in [-0.2, -0.15) is 0 Å². The number of hydrogen-bond acceptors (Lipinski definition) is 3. The van der Waals surface area contributed by atoms with E-state index in [4.69, 9.17) is 11.6 Å². The van der Waals surface area contributed by atoms with Gasteiger partial charge in [0.15, 0.2) is 0 Å². The average Bonchev–Trinajstić information content (AvgIpc) is 2.71. The van der Waals surface area contributed by atoms with E-state index < -0.39 is 0 Å². The highest BCUT2D eigenvalue weighted by Crippen LogP contribution is 2.31. The normalized spacial score (nSPS) is 20.8. The smallest absolute Gasteiger partial charge is 0.235 e. The molecule has 1 amide bonds. The van der Waals surface area contributed by atoms with Gasteiger partial charge in [0.05, 0.1) is 11.7 Å². The topological polar surface area (TPSA) is 42.0 Å². The van der Waals surface area contributed by atoms with Crippen LogP contribution in [0.4, 0.5) is 0 Å². The largest absolute Gasteiger partial charge is 0.346 e. The molecule has 2 rings (SSSR count). The molecular weight excluding hydrogens is 256 g/mol. The molecule has 0 aromatic carbocycles. The number of carbonyl (C=O) groups excluding carboxylic acids is 1. The zero-order valence-corrected chi connectivity index (χ0v) is 11.7. The molecular formula is C12H17ClN2OS. The van der Waals surface area contributed by atoms with Crippen molar-refractivity contribution < 1.29 is 4.79 Å². The standard InChI is InChI=1S/C12H17ClN2OS/c1-7-3-4-9-10(5-7)17-12(15-9)8(2)14-11(16)6-13/h7-8H,3-6H2,1-2H3,(H,14,16). The number of amides is 1. The molecule has 0 radical (unpaired) electrons. The van der Waals surface area contributed by atoms with Crippen LogP contribution in [0.3, 0.4) is 0 Å². The van der Waals surface area contributed by atoms with E-state index in [1.807, 2.05) is 6.92 Å². The van der Waals surface area contributed by atoms with Gasteiger partial charge in [-0.3, -0.25) is 4.79 Å². The molecule has 1 aliphatic carbocycles. The number of alkyl halides is 1. The Morgan fingerprint density at radius 2 is 2.47 bits per heavy atom. The Morgan fingerprint density at radius 3 is 3.18 bits per heavy atom. The number of hydrogen-bond donors (Lipinski definition) is 1. The molecule has 0 aliphatic heterocycles. The second-order valence-corrected chi connectivity index (χ2v) is 6.08. The summed E-state index contributed by atoms with van der Waals surface area (Å²) >= 11 is 7.21. The maximum Gasteiger partial charge on any atom is 0.235 e. The van der Waals surface area contributed by atoms with Crippen molar-refractivity contribution in [1.82, 2.24) is 10.3 Å². The summed E-state index contributed by atoms with van der Waals surface area (Å²) < 4.78 is 0. The third-order valence-electron chi connectivity index (χ3n) is 3.07. The minimum atomic E-state index is -0.138. The van der Waals surface area contributed by atoms with Crippen molar-refractivity contribution in [2.45, 2.75) is 39.2 Å². The summed E-state index contributed by atoms with van der Waals surface area (Å²) in [6.07, 6.45) is 3.42. The van der Waals surface area contributed by atoms with Crippen molar-refractivity contribution in [1.29, 1.82) is 0 Å². The van der Waals surface area contributed by atoms with E-state index >= 15 is 0 Å². The van der Waals surface area contributed by atoms with Crippen molar-refractivity contribution in [2.24, 2.45) is 5.92 Å². The van der Waals surface area contributed by atoms with Gasteiger partial charge in [0, 0.05) is 4.88 Å². The fourth-order valence-corrected chi connectivity index (χ4v) is 3.44. The first-order valence-corrected chi connectivity index (χ1v) is 7.29. The highest BCUT2D eigenvalue weighted by Gasteiger charge is 2.22. The first kappa shape index (κ1) is 12.8. The fraction of sp³-hybridized carbons (Fsp3) is 0.667. The number of aromatic nitrogens is 1. The number of nitrogens with zero attached hydrogens (tertiary/aromatic N) is 1. The zero-order chi connectivity index (χ0) is 12.4. The third-order valence-corrected chi connectivity index (χ3v) is 4.62. The second kappa shape index (κ2) is 5.36. The Kier molecular flexibility index (Phi) is 4.05. The predicted molar refractivity (Wildman–Crippen MR) is 70.6 cm³/mol. The van der Waals surface area contributed by atoms with Crippen molar-refractivity contribution in [3.63, 3.8) is 0 Å². The van der Waals surface area contributed by atoms with E-state index in [0.717, 1.165) is 23.8 Å². The van der Waals surface area contributed by atoms with Gasteiger partial charge in [0.1, 0.15) is 10.9 Å². The molecule has 0 fully saturated rings. The summed E-state index contributed by atoms with van der Waals surface area (Å²) in [5.41, 5.74) is 1.23. The predicted octanol–water partition coefficient (Wildman–Crippen LogP) is 2.68. The maximum absolute atomic E-state index is 11.2. The minimum absolute atomic E-state index is 0.00641. The number of halogens is 1. The lowest BCUT2D eigenvalue weighted by Crippen LogP contribution is -2.27. The van der Waals surface area contributed by atoms with E-state index in [2.05, 4.69) is 17.2 Å². The SMILES string of the molecule is CC1CCc2nc(C(C)NC(=O)CCl)sc2C1. The fourth-order valence-electron chi connectivity index (χ4n) is 2.09. The van der Waals surface area contributed by atoms with Gasteiger partial charge in [-0.15, -0.1) is 22.9 Å². The van der Waals surface area contributed by atoms with Gasteiger partial charge in [0.25, 0.3) is 0 Å². The summed E-state index contributed by atoms with van der Waals surface area (Å²) in [7, 11) is 0. The van der Waals surface area contributed by atoms with Crippen LogP contribution in [0.2, 0.25) is 0 Å². The lowest BCUT2D eigenvalue weighted by atomic mass is 9.93. The molecule has 0 saturated heterocycles.